The van der Waals surface area contributed by atoms with Gasteiger partial charge in [0.25, 0.3) is 0 Å². The Kier molecular flexibility index (Phi) is 1.83. The first-order valence-electron chi connectivity index (χ1n) is 4.56. The van der Waals surface area contributed by atoms with Crippen LogP contribution in [0.5, 0.6) is 0 Å². The average molecular weight is 170 g/mol. The summed E-state index contributed by atoms with van der Waals surface area (Å²) in [7, 11) is 0. The van der Waals surface area contributed by atoms with Gasteiger partial charge in [0.1, 0.15) is 0 Å². The van der Waals surface area contributed by atoms with E-state index in [0.717, 1.165) is 6.42 Å². The molecule has 3 heteroatoms. The molecule has 0 saturated carbocycles. The highest BCUT2D eigenvalue weighted by molar-refractivity contribution is 5.76. The first kappa shape index (κ1) is 8.05. The lowest BCUT2D eigenvalue weighted by Crippen LogP contribution is -2.22. The molecule has 2 heterocycles. The van der Waals surface area contributed by atoms with Gasteiger partial charge < -0.3 is 9.47 Å². The van der Waals surface area contributed by atoms with Crippen molar-refractivity contribution in [2.24, 2.45) is 11.8 Å². The molecular formula is C9H14O3. The van der Waals surface area contributed by atoms with Crippen LogP contribution in [-0.2, 0) is 14.3 Å². The van der Waals surface area contributed by atoms with Crippen LogP contribution in [-0.4, -0.2) is 24.8 Å². The molecule has 68 valence electrons. The Hall–Kier alpha value is -0.570. The number of fused-ring (bicyclic) bond motifs is 1. The number of hydrogen-bond donors (Lipinski definition) is 0. The number of cyclic esters (lactones) is 1. The van der Waals surface area contributed by atoms with Gasteiger partial charge in [-0.2, -0.15) is 0 Å². The van der Waals surface area contributed by atoms with Crippen molar-refractivity contribution in [1.82, 2.24) is 0 Å². The van der Waals surface area contributed by atoms with Crippen LogP contribution in [0.4, 0.5) is 0 Å². The molecular weight excluding hydrogens is 156 g/mol. The van der Waals surface area contributed by atoms with Crippen molar-refractivity contribution in [2.45, 2.75) is 32.5 Å². The Bertz CT molecular complexity index is 202. The number of carbonyl (C=O) groups is 1. The molecule has 0 bridgehead atoms. The Labute approximate surface area is 72.0 Å². The predicted molar refractivity (Wildman–Crippen MR) is 42.6 cm³/mol. The Balaban J connectivity index is 2.18. The third kappa shape index (κ3) is 0.959. The fraction of sp³-hybridized carbons (Fsp3) is 0.889. The third-order valence-corrected chi connectivity index (χ3v) is 2.95. The molecule has 0 aromatic rings. The molecule has 0 aromatic carbocycles. The van der Waals surface area contributed by atoms with E-state index in [2.05, 4.69) is 0 Å². The largest absolute Gasteiger partial charge is 0.465 e. The summed E-state index contributed by atoms with van der Waals surface area (Å²) in [5, 5.41) is 0. The van der Waals surface area contributed by atoms with Gasteiger partial charge in [0, 0.05) is 5.92 Å². The first-order valence-corrected chi connectivity index (χ1v) is 4.56. The predicted octanol–water partition coefficient (Wildman–Crippen LogP) is 0.973. The van der Waals surface area contributed by atoms with Crippen LogP contribution in [0.25, 0.3) is 0 Å². The fourth-order valence-electron chi connectivity index (χ4n) is 2.22. The molecule has 2 aliphatic heterocycles. The molecule has 0 radical (unpaired) electrons. The van der Waals surface area contributed by atoms with Crippen LogP contribution in [0, 0.1) is 11.8 Å². The van der Waals surface area contributed by atoms with Crippen molar-refractivity contribution in [3.8, 4) is 0 Å². The number of rotatable bonds is 1. The van der Waals surface area contributed by atoms with E-state index in [4.69, 9.17) is 9.47 Å². The van der Waals surface area contributed by atoms with Gasteiger partial charge in [-0.25, -0.2) is 0 Å². The summed E-state index contributed by atoms with van der Waals surface area (Å²) in [5.41, 5.74) is 0. The smallest absolute Gasteiger partial charge is 0.312 e. The van der Waals surface area contributed by atoms with Crippen LogP contribution in [0.1, 0.15) is 20.3 Å². The standard InChI is InChI=1S/C9H14O3/c1-3-7-8-6(5(2)12-7)4-11-9(8)10/h5-8H,3-4H2,1-2H3. The van der Waals surface area contributed by atoms with Crippen LogP contribution in [0.2, 0.25) is 0 Å². The molecule has 3 nitrogen and oxygen atoms in total. The topological polar surface area (TPSA) is 35.5 Å². The van der Waals surface area contributed by atoms with Crippen molar-refractivity contribution < 1.29 is 14.3 Å². The summed E-state index contributed by atoms with van der Waals surface area (Å²) < 4.78 is 10.7. The molecule has 0 spiro atoms. The maximum Gasteiger partial charge on any atom is 0.312 e. The number of carbonyl (C=O) groups excluding carboxylic acids is 1. The summed E-state index contributed by atoms with van der Waals surface area (Å²) >= 11 is 0. The molecule has 2 saturated heterocycles. The summed E-state index contributed by atoms with van der Waals surface area (Å²) in [6.45, 7) is 4.63. The maximum absolute atomic E-state index is 11.3. The number of esters is 1. The molecule has 0 aromatic heterocycles. The van der Waals surface area contributed by atoms with Gasteiger partial charge in [0.2, 0.25) is 0 Å². The minimum atomic E-state index is -0.0591. The van der Waals surface area contributed by atoms with Gasteiger partial charge in [0.15, 0.2) is 0 Å². The molecule has 12 heavy (non-hydrogen) atoms. The number of ether oxygens (including phenoxy) is 2. The fourth-order valence-corrected chi connectivity index (χ4v) is 2.22. The Morgan fingerprint density at radius 2 is 2.33 bits per heavy atom. The van der Waals surface area contributed by atoms with E-state index in [1.807, 2.05) is 13.8 Å². The van der Waals surface area contributed by atoms with E-state index in [1.165, 1.54) is 0 Å². The van der Waals surface area contributed by atoms with Gasteiger partial charge >= 0.3 is 5.97 Å². The molecule has 2 aliphatic rings. The number of hydrogen-bond acceptors (Lipinski definition) is 3. The second kappa shape index (κ2) is 2.73. The van der Waals surface area contributed by atoms with Crippen molar-refractivity contribution in [2.75, 3.05) is 6.61 Å². The van der Waals surface area contributed by atoms with Crippen LogP contribution in [0.3, 0.4) is 0 Å². The second-order valence-corrected chi connectivity index (χ2v) is 3.61. The zero-order chi connectivity index (χ0) is 8.72. The van der Waals surface area contributed by atoms with Crippen molar-refractivity contribution in [1.29, 1.82) is 0 Å². The van der Waals surface area contributed by atoms with E-state index in [9.17, 15) is 4.79 Å². The summed E-state index contributed by atoms with van der Waals surface area (Å²) in [6, 6.07) is 0. The van der Waals surface area contributed by atoms with Crippen LogP contribution in [0.15, 0.2) is 0 Å². The Morgan fingerprint density at radius 3 is 3.00 bits per heavy atom. The average Bonchev–Trinajstić information content (AvgIpc) is 2.56. The van der Waals surface area contributed by atoms with E-state index >= 15 is 0 Å². The third-order valence-electron chi connectivity index (χ3n) is 2.95. The van der Waals surface area contributed by atoms with E-state index < -0.39 is 0 Å². The zero-order valence-electron chi connectivity index (χ0n) is 7.45. The lowest BCUT2D eigenvalue weighted by Gasteiger charge is -2.11. The Morgan fingerprint density at radius 1 is 1.58 bits per heavy atom. The molecule has 0 amide bonds. The van der Waals surface area contributed by atoms with Crippen LogP contribution >= 0.6 is 0 Å². The molecule has 2 rings (SSSR count). The van der Waals surface area contributed by atoms with Crippen LogP contribution < -0.4 is 0 Å². The summed E-state index contributed by atoms with van der Waals surface area (Å²) in [6.07, 6.45) is 1.19. The molecule has 4 unspecified atom stereocenters. The van der Waals surface area contributed by atoms with Gasteiger partial charge in [-0.1, -0.05) is 6.92 Å². The monoisotopic (exact) mass is 170 g/mol. The zero-order valence-corrected chi connectivity index (χ0v) is 7.45. The van der Waals surface area contributed by atoms with E-state index in [-0.39, 0.29) is 24.1 Å². The highest BCUT2D eigenvalue weighted by Crippen LogP contribution is 2.39. The first-order chi connectivity index (χ1) is 5.74. The highest BCUT2D eigenvalue weighted by atomic mass is 16.6. The minimum Gasteiger partial charge on any atom is -0.465 e. The van der Waals surface area contributed by atoms with Crippen molar-refractivity contribution in [3.63, 3.8) is 0 Å². The van der Waals surface area contributed by atoms with Gasteiger partial charge in [-0.3, -0.25) is 4.79 Å². The molecule has 2 fully saturated rings. The maximum atomic E-state index is 11.3. The molecule has 4 atom stereocenters. The summed E-state index contributed by atoms with van der Waals surface area (Å²) in [5.74, 6) is 0.267. The van der Waals surface area contributed by atoms with Crippen molar-refractivity contribution >= 4 is 5.97 Å². The quantitative estimate of drug-likeness (QED) is 0.550. The lowest BCUT2D eigenvalue weighted by atomic mass is 9.89. The summed E-state index contributed by atoms with van der Waals surface area (Å²) in [4.78, 5) is 11.3. The van der Waals surface area contributed by atoms with E-state index in [1.54, 1.807) is 0 Å². The van der Waals surface area contributed by atoms with Crippen molar-refractivity contribution in [3.05, 3.63) is 0 Å². The normalized spacial score (nSPS) is 46.0. The van der Waals surface area contributed by atoms with Gasteiger partial charge in [-0.15, -0.1) is 0 Å². The SMILES string of the molecule is CCC1OC(C)C2COC(=O)C12. The second-order valence-electron chi connectivity index (χ2n) is 3.61. The minimum absolute atomic E-state index is 0.0185. The van der Waals surface area contributed by atoms with E-state index in [0.29, 0.717) is 12.5 Å². The van der Waals surface area contributed by atoms with Gasteiger partial charge in [-0.05, 0) is 13.3 Å². The highest BCUT2D eigenvalue weighted by Gasteiger charge is 2.50. The molecule has 0 aliphatic carbocycles. The van der Waals surface area contributed by atoms with Gasteiger partial charge in [0.05, 0.1) is 24.7 Å². The lowest BCUT2D eigenvalue weighted by molar-refractivity contribution is -0.144. The molecule has 0 N–H and O–H groups in total.